The van der Waals surface area contributed by atoms with Gasteiger partial charge in [0.05, 0.1) is 10.5 Å². The number of aromatic nitrogens is 2. The highest BCUT2D eigenvalue weighted by molar-refractivity contribution is 7.90. The number of sulfone groups is 1. The van der Waals surface area contributed by atoms with Crippen molar-refractivity contribution in [3.8, 4) is 28.6 Å². The van der Waals surface area contributed by atoms with E-state index in [-0.39, 0.29) is 26.5 Å². The van der Waals surface area contributed by atoms with Crippen LogP contribution in [0.15, 0.2) is 101 Å². The lowest BCUT2D eigenvalue weighted by Crippen LogP contribution is -2.35. The number of nitrogens with one attached hydrogen (secondary N) is 1. The van der Waals surface area contributed by atoms with Crippen molar-refractivity contribution < 1.29 is 21.6 Å². The van der Waals surface area contributed by atoms with Gasteiger partial charge in [-0.15, -0.1) is 0 Å². The lowest BCUT2D eigenvalue weighted by Gasteiger charge is -2.24. The topological polar surface area (TPSA) is 99.0 Å². The van der Waals surface area contributed by atoms with E-state index in [2.05, 4.69) is 15.0 Å². The van der Waals surface area contributed by atoms with Gasteiger partial charge in [-0.05, 0) is 41.5 Å². The van der Waals surface area contributed by atoms with E-state index in [4.69, 9.17) is 0 Å². The Hall–Kier alpha value is -4.53. The van der Waals surface area contributed by atoms with Crippen LogP contribution in [0.5, 0.6) is 0 Å². The first kappa shape index (κ1) is 25.1. The Labute approximate surface area is 216 Å². The number of hydrogen-bond donors (Lipinski definition) is 1. The largest absolute Gasteiger partial charge is 0.417 e. The predicted molar refractivity (Wildman–Crippen MR) is 138 cm³/mol. The van der Waals surface area contributed by atoms with Crippen LogP contribution in [0.2, 0.25) is 0 Å². The molecule has 11 heteroatoms. The van der Waals surface area contributed by atoms with Crippen molar-refractivity contribution in [3.05, 3.63) is 96.5 Å². The SMILES string of the molecule is CS(=O)(=O)c1cccc(-c2ccc([N+]3(c4cnc(-c5ccccc5C(F)(F)F)[nH]4)C=NC(C#N)=C3)cc2)c1. The van der Waals surface area contributed by atoms with E-state index in [1.165, 1.54) is 36.8 Å². The van der Waals surface area contributed by atoms with Crippen LogP contribution in [0.25, 0.3) is 22.5 Å². The maximum absolute atomic E-state index is 13.6. The minimum Gasteiger partial charge on any atom is -0.292 e. The third-order valence-corrected chi connectivity index (χ3v) is 7.27. The second kappa shape index (κ2) is 9.09. The molecule has 0 saturated heterocycles. The molecule has 5 rings (SSSR count). The Morgan fingerprint density at radius 2 is 1.71 bits per heavy atom. The molecule has 4 aromatic rings. The lowest BCUT2D eigenvalue weighted by atomic mass is 10.0. The predicted octanol–water partition coefficient (Wildman–Crippen LogP) is 6.21. The summed E-state index contributed by atoms with van der Waals surface area (Å²) < 4.78 is 64.5. The molecule has 1 unspecified atom stereocenters. The summed E-state index contributed by atoms with van der Waals surface area (Å²) in [5.41, 5.74) is 1.27. The summed E-state index contributed by atoms with van der Waals surface area (Å²) in [5.74, 6) is 0.393. The van der Waals surface area contributed by atoms with Crippen molar-refractivity contribution in [2.24, 2.45) is 4.99 Å². The van der Waals surface area contributed by atoms with E-state index in [1.807, 2.05) is 6.07 Å². The molecule has 1 atom stereocenters. The average Bonchev–Trinajstić information content (AvgIpc) is 3.57. The summed E-state index contributed by atoms with van der Waals surface area (Å²) in [6.45, 7) is 0. The quantitative estimate of drug-likeness (QED) is 0.308. The number of benzene rings is 3. The smallest absolute Gasteiger partial charge is 0.292 e. The highest BCUT2D eigenvalue weighted by Crippen LogP contribution is 2.40. The highest BCUT2D eigenvalue weighted by atomic mass is 32.2. The summed E-state index contributed by atoms with van der Waals surface area (Å²) in [4.78, 5) is 11.6. The molecule has 0 fully saturated rings. The molecule has 0 radical (unpaired) electrons. The van der Waals surface area contributed by atoms with E-state index in [9.17, 15) is 26.9 Å². The zero-order valence-corrected chi connectivity index (χ0v) is 20.6. The minimum atomic E-state index is -4.57. The molecule has 1 N–H and O–H groups in total. The molecule has 0 saturated carbocycles. The van der Waals surface area contributed by atoms with Crippen molar-refractivity contribution in [1.29, 1.82) is 5.26 Å². The molecule has 1 aliphatic rings. The first-order valence-corrected chi connectivity index (χ1v) is 13.1. The van der Waals surface area contributed by atoms with Crippen molar-refractivity contribution in [2.45, 2.75) is 11.1 Å². The number of rotatable bonds is 5. The third kappa shape index (κ3) is 4.51. The molecule has 1 aliphatic heterocycles. The zero-order chi connectivity index (χ0) is 27.1. The van der Waals surface area contributed by atoms with Gasteiger partial charge >= 0.3 is 6.18 Å². The van der Waals surface area contributed by atoms with Crippen LogP contribution < -0.4 is 4.48 Å². The number of H-pyrrole nitrogens is 1. The Morgan fingerprint density at radius 1 is 0.974 bits per heavy atom. The molecule has 7 nitrogen and oxygen atoms in total. The van der Waals surface area contributed by atoms with Gasteiger partial charge < -0.3 is 0 Å². The highest BCUT2D eigenvalue weighted by Gasteiger charge is 2.39. The molecule has 190 valence electrons. The Balaban J connectivity index is 1.58. The van der Waals surface area contributed by atoms with Crippen LogP contribution in [0.1, 0.15) is 5.56 Å². The Morgan fingerprint density at radius 3 is 2.37 bits per heavy atom. The number of aliphatic imine (C=N–C) groups is 1. The number of halogens is 3. The Bertz CT molecular complexity index is 1750. The molecule has 3 aromatic carbocycles. The van der Waals surface area contributed by atoms with E-state index < -0.39 is 21.6 Å². The first-order chi connectivity index (χ1) is 18.0. The molecule has 0 aliphatic carbocycles. The van der Waals surface area contributed by atoms with Gasteiger partial charge in [-0.1, -0.05) is 30.3 Å². The van der Waals surface area contributed by atoms with Gasteiger partial charge in [0, 0.05) is 24.0 Å². The van der Waals surface area contributed by atoms with Crippen LogP contribution in [0.4, 0.5) is 24.7 Å². The molecule has 0 spiro atoms. The third-order valence-electron chi connectivity index (χ3n) is 6.16. The van der Waals surface area contributed by atoms with Gasteiger partial charge in [-0.3, -0.25) is 4.98 Å². The second-order valence-corrected chi connectivity index (χ2v) is 10.7. The van der Waals surface area contributed by atoms with Gasteiger partial charge in [0.2, 0.25) is 12.2 Å². The zero-order valence-electron chi connectivity index (χ0n) is 19.8. The second-order valence-electron chi connectivity index (χ2n) is 8.66. The molecule has 2 heterocycles. The number of imidazole rings is 1. The fourth-order valence-electron chi connectivity index (χ4n) is 4.26. The molecular formula is C27H19F3N5O2S+. The van der Waals surface area contributed by atoms with Gasteiger partial charge in [0.1, 0.15) is 23.8 Å². The number of aromatic amines is 1. The Kier molecular flexibility index (Phi) is 6.01. The summed E-state index contributed by atoms with van der Waals surface area (Å²) in [7, 11) is -3.38. The molecular weight excluding hydrogens is 515 g/mol. The standard InChI is InChI=1S/C27H19F3N5O2S/c1-38(36,37)22-6-4-5-19(13-22)18-9-11-21(12-10-18)35(16-20(14-31)33-17-35)25-15-32-26(34-25)23-7-2-3-8-24(23)27(28,29)30/h2-13,15-17H,1H3,(H,32,34)/q+1. The summed E-state index contributed by atoms with van der Waals surface area (Å²) in [6, 6.07) is 20.8. The number of nitriles is 1. The van der Waals surface area contributed by atoms with E-state index >= 15 is 0 Å². The fraction of sp³-hybridized carbons (Fsp3) is 0.0741. The van der Waals surface area contributed by atoms with Crippen LogP contribution in [0.3, 0.4) is 0 Å². The lowest BCUT2D eigenvalue weighted by molar-refractivity contribution is -0.137. The monoisotopic (exact) mass is 534 g/mol. The summed E-state index contributed by atoms with van der Waals surface area (Å²) in [5, 5.41) is 9.44. The molecule has 1 aromatic heterocycles. The minimum absolute atomic E-state index is 0.0202. The van der Waals surface area contributed by atoms with Gasteiger partial charge in [-0.25, -0.2) is 13.4 Å². The first-order valence-electron chi connectivity index (χ1n) is 11.2. The van der Waals surface area contributed by atoms with Gasteiger partial charge in [0.15, 0.2) is 21.7 Å². The van der Waals surface area contributed by atoms with E-state index in [0.717, 1.165) is 17.9 Å². The van der Waals surface area contributed by atoms with Crippen molar-refractivity contribution in [3.63, 3.8) is 0 Å². The normalized spacial score (nSPS) is 17.3. The number of nitrogens with zero attached hydrogens (tertiary/aromatic N) is 4. The van der Waals surface area contributed by atoms with Crippen LogP contribution >= 0.6 is 0 Å². The van der Waals surface area contributed by atoms with Crippen LogP contribution in [-0.4, -0.2) is 31.0 Å². The summed E-state index contributed by atoms with van der Waals surface area (Å²) in [6.07, 6.45) is 1.04. The van der Waals surface area contributed by atoms with Gasteiger partial charge in [-0.2, -0.15) is 27.9 Å². The molecule has 38 heavy (non-hydrogen) atoms. The van der Waals surface area contributed by atoms with Gasteiger partial charge in [0.25, 0.3) is 0 Å². The number of quaternary nitrogens is 1. The molecule has 0 amide bonds. The summed E-state index contributed by atoms with van der Waals surface area (Å²) >= 11 is 0. The fourth-order valence-corrected chi connectivity index (χ4v) is 4.93. The average molecular weight is 535 g/mol. The maximum Gasteiger partial charge on any atom is 0.417 e. The number of alkyl halides is 3. The molecule has 0 bridgehead atoms. The number of hydrogen-bond acceptors (Lipinski definition) is 5. The van der Waals surface area contributed by atoms with E-state index in [1.54, 1.807) is 48.7 Å². The van der Waals surface area contributed by atoms with Crippen LogP contribution in [0, 0.1) is 11.3 Å². The van der Waals surface area contributed by atoms with Crippen molar-refractivity contribution in [1.82, 2.24) is 14.5 Å². The maximum atomic E-state index is 13.6. The van der Waals surface area contributed by atoms with Crippen LogP contribution in [-0.2, 0) is 16.0 Å². The van der Waals surface area contributed by atoms with Crippen molar-refractivity contribution >= 4 is 27.7 Å². The van der Waals surface area contributed by atoms with E-state index in [0.29, 0.717) is 17.1 Å². The number of allylic oxidation sites excluding steroid dienone is 1. The van der Waals surface area contributed by atoms with Crippen molar-refractivity contribution in [2.75, 3.05) is 6.26 Å².